The van der Waals surface area contributed by atoms with Crippen LogP contribution in [0.3, 0.4) is 0 Å². The van der Waals surface area contributed by atoms with Crippen molar-refractivity contribution in [2.75, 3.05) is 10.6 Å². The molecular weight excluding hydrogens is 345 g/mol. The fourth-order valence-corrected chi connectivity index (χ4v) is 2.62. The first-order valence-corrected chi connectivity index (χ1v) is 7.91. The first-order valence-electron chi connectivity index (χ1n) is 7.53. The van der Waals surface area contributed by atoms with Crippen LogP contribution in [0.2, 0.25) is 5.02 Å². The average Bonchev–Trinajstić information content (AvgIpc) is 3.40. The van der Waals surface area contributed by atoms with Crippen LogP contribution in [0.5, 0.6) is 0 Å². The molecule has 2 aromatic rings. The summed E-state index contributed by atoms with van der Waals surface area (Å²) in [6.45, 7) is 0. The van der Waals surface area contributed by atoms with Gasteiger partial charge in [-0.25, -0.2) is 4.39 Å². The van der Waals surface area contributed by atoms with Gasteiger partial charge in [-0.2, -0.15) is 5.26 Å². The van der Waals surface area contributed by atoms with Crippen molar-refractivity contribution in [3.63, 3.8) is 0 Å². The number of amides is 2. The molecule has 0 radical (unpaired) electrons. The van der Waals surface area contributed by atoms with E-state index in [0.717, 1.165) is 6.07 Å². The molecule has 0 unspecified atom stereocenters. The van der Waals surface area contributed by atoms with E-state index in [4.69, 9.17) is 16.9 Å². The molecule has 0 bridgehead atoms. The van der Waals surface area contributed by atoms with Crippen LogP contribution in [0.4, 0.5) is 15.8 Å². The third kappa shape index (κ3) is 3.32. The lowest BCUT2D eigenvalue weighted by Crippen LogP contribution is -2.35. The van der Waals surface area contributed by atoms with Crippen LogP contribution in [0.25, 0.3) is 0 Å². The van der Waals surface area contributed by atoms with E-state index in [1.54, 1.807) is 24.3 Å². The van der Waals surface area contributed by atoms with Crippen molar-refractivity contribution in [1.82, 2.24) is 0 Å². The van der Waals surface area contributed by atoms with Crippen LogP contribution in [-0.2, 0) is 9.59 Å². The highest BCUT2D eigenvalue weighted by Gasteiger charge is 2.56. The van der Waals surface area contributed by atoms with Crippen molar-refractivity contribution < 1.29 is 14.0 Å². The van der Waals surface area contributed by atoms with E-state index in [1.807, 2.05) is 6.07 Å². The molecule has 25 heavy (non-hydrogen) atoms. The van der Waals surface area contributed by atoms with E-state index in [0.29, 0.717) is 29.8 Å². The highest BCUT2D eigenvalue weighted by Crippen LogP contribution is 2.47. The number of nitrogens with zero attached hydrogens (tertiary/aromatic N) is 1. The van der Waals surface area contributed by atoms with Gasteiger partial charge < -0.3 is 10.6 Å². The van der Waals surface area contributed by atoms with Gasteiger partial charge in [0, 0.05) is 5.69 Å². The third-order valence-corrected chi connectivity index (χ3v) is 4.38. The standard InChI is InChI=1S/C18H13ClFN3O2/c19-13-9-12(5-6-14(13)20)22-16(24)18(7-8-18)17(25)23-15-4-2-1-3-11(15)10-21/h1-6,9H,7-8H2,(H,22,24)(H,23,25). The smallest absolute Gasteiger partial charge is 0.240 e. The Labute approximate surface area is 148 Å². The number of hydrogen-bond acceptors (Lipinski definition) is 3. The molecule has 2 N–H and O–H groups in total. The predicted octanol–water partition coefficient (Wildman–Crippen LogP) is 3.71. The summed E-state index contributed by atoms with van der Waals surface area (Å²) in [5.41, 5.74) is -0.201. The Kier molecular flexibility index (Phi) is 4.43. The lowest BCUT2D eigenvalue weighted by Gasteiger charge is -2.16. The quantitative estimate of drug-likeness (QED) is 0.818. The molecule has 126 valence electrons. The number of nitriles is 1. The summed E-state index contributed by atoms with van der Waals surface area (Å²) >= 11 is 5.69. The predicted molar refractivity (Wildman–Crippen MR) is 91.5 cm³/mol. The van der Waals surface area contributed by atoms with Crippen LogP contribution in [0, 0.1) is 22.6 Å². The van der Waals surface area contributed by atoms with Gasteiger partial charge in [-0.05, 0) is 43.2 Å². The first-order chi connectivity index (χ1) is 12.0. The zero-order chi connectivity index (χ0) is 18.0. The number of anilines is 2. The molecule has 1 saturated carbocycles. The Balaban J connectivity index is 1.75. The van der Waals surface area contributed by atoms with Crippen LogP contribution >= 0.6 is 11.6 Å². The van der Waals surface area contributed by atoms with E-state index < -0.39 is 23.0 Å². The van der Waals surface area contributed by atoms with Gasteiger partial charge in [-0.1, -0.05) is 23.7 Å². The van der Waals surface area contributed by atoms with Crippen LogP contribution < -0.4 is 10.6 Å². The maximum atomic E-state index is 13.2. The summed E-state index contributed by atoms with van der Waals surface area (Å²) in [6.07, 6.45) is 0.794. The molecule has 0 heterocycles. The van der Waals surface area contributed by atoms with Crippen molar-refractivity contribution in [2.24, 2.45) is 5.41 Å². The molecule has 1 aliphatic rings. The molecule has 0 spiro atoms. The maximum Gasteiger partial charge on any atom is 0.240 e. The molecular formula is C18H13ClFN3O2. The Morgan fingerprint density at radius 3 is 2.44 bits per heavy atom. The topological polar surface area (TPSA) is 82.0 Å². The number of rotatable bonds is 4. The summed E-state index contributed by atoms with van der Waals surface area (Å²) in [5, 5.41) is 14.2. The second-order valence-corrected chi connectivity index (χ2v) is 6.18. The lowest BCUT2D eigenvalue weighted by atomic mass is 10.0. The Hall–Kier alpha value is -2.91. The summed E-state index contributed by atoms with van der Waals surface area (Å²) in [7, 11) is 0. The largest absolute Gasteiger partial charge is 0.325 e. The Bertz CT molecular complexity index is 903. The number of para-hydroxylation sites is 1. The molecule has 2 aromatic carbocycles. The van der Waals surface area contributed by atoms with Gasteiger partial charge in [0.1, 0.15) is 17.3 Å². The molecule has 0 saturated heterocycles. The number of nitrogens with one attached hydrogen (secondary N) is 2. The van der Waals surface area contributed by atoms with Gasteiger partial charge in [0.05, 0.1) is 16.3 Å². The van der Waals surface area contributed by atoms with Gasteiger partial charge in [0.2, 0.25) is 11.8 Å². The van der Waals surface area contributed by atoms with Crippen molar-refractivity contribution in [3.8, 4) is 6.07 Å². The number of hydrogen-bond donors (Lipinski definition) is 2. The summed E-state index contributed by atoms with van der Waals surface area (Å²) < 4.78 is 13.2. The zero-order valence-electron chi connectivity index (χ0n) is 13.0. The highest BCUT2D eigenvalue weighted by atomic mass is 35.5. The van der Waals surface area contributed by atoms with E-state index in [2.05, 4.69) is 10.6 Å². The molecule has 0 atom stereocenters. The Morgan fingerprint density at radius 1 is 1.12 bits per heavy atom. The molecule has 5 nitrogen and oxygen atoms in total. The number of carbonyl (C=O) groups excluding carboxylic acids is 2. The molecule has 1 fully saturated rings. The molecule has 0 aliphatic heterocycles. The minimum Gasteiger partial charge on any atom is -0.325 e. The maximum absolute atomic E-state index is 13.2. The van der Waals surface area contributed by atoms with Gasteiger partial charge in [-0.15, -0.1) is 0 Å². The molecule has 1 aliphatic carbocycles. The monoisotopic (exact) mass is 357 g/mol. The fraction of sp³-hybridized carbons (Fsp3) is 0.167. The SMILES string of the molecule is N#Cc1ccccc1NC(=O)C1(C(=O)Nc2ccc(F)c(Cl)c2)CC1. The first kappa shape index (κ1) is 16.9. The zero-order valence-corrected chi connectivity index (χ0v) is 13.7. The van der Waals surface area contributed by atoms with Crippen molar-refractivity contribution in [2.45, 2.75) is 12.8 Å². The van der Waals surface area contributed by atoms with Gasteiger partial charge in [0.15, 0.2) is 0 Å². The average molecular weight is 358 g/mol. The Morgan fingerprint density at radius 2 is 1.80 bits per heavy atom. The van der Waals surface area contributed by atoms with Gasteiger partial charge in [-0.3, -0.25) is 9.59 Å². The molecule has 3 rings (SSSR count). The number of halogens is 2. The molecule has 2 amide bonds. The van der Waals surface area contributed by atoms with E-state index in [9.17, 15) is 14.0 Å². The third-order valence-electron chi connectivity index (χ3n) is 4.09. The fourth-order valence-electron chi connectivity index (χ4n) is 2.44. The number of carbonyl (C=O) groups is 2. The summed E-state index contributed by atoms with van der Waals surface area (Å²) in [5.74, 6) is -1.55. The second kappa shape index (κ2) is 6.54. The number of benzene rings is 2. The normalized spacial score (nSPS) is 14.3. The van der Waals surface area contributed by atoms with Gasteiger partial charge >= 0.3 is 0 Å². The summed E-state index contributed by atoms with van der Waals surface area (Å²) in [6, 6.07) is 12.3. The van der Waals surface area contributed by atoms with E-state index in [-0.39, 0.29) is 5.02 Å². The highest BCUT2D eigenvalue weighted by molar-refractivity contribution is 6.31. The minimum absolute atomic E-state index is 0.116. The van der Waals surface area contributed by atoms with Crippen LogP contribution in [0.15, 0.2) is 42.5 Å². The van der Waals surface area contributed by atoms with E-state index >= 15 is 0 Å². The molecule has 7 heteroatoms. The second-order valence-electron chi connectivity index (χ2n) is 5.78. The lowest BCUT2D eigenvalue weighted by molar-refractivity contribution is -0.131. The van der Waals surface area contributed by atoms with E-state index in [1.165, 1.54) is 12.1 Å². The summed E-state index contributed by atoms with van der Waals surface area (Å²) in [4.78, 5) is 25.1. The molecule has 0 aromatic heterocycles. The van der Waals surface area contributed by atoms with Gasteiger partial charge in [0.25, 0.3) is 0 Å². The van der Waals surface area contributed by atoms with Crippen molar-refractivity contribution in [3.05, 3.63) is 58.9 Å². The van der Waals surface area contributed by atoms with Crippen molar-refractivity contribution in [1.29, 1.82) is 5.26 Å². The van der Waals surface area contributed by atoms with Crippen molar-refractivity contribution >= 4 is 34.8 Å². The minimum atomic E-state index is -1.19. The van der Waals surface area contributed by atoms with Crippen LogP contribution in [0.1, 0.15) is 18.4 Å². The van der Waals surface area contributed by atoms with Crippen LogP contribution in [-0.4, -0.2) is 11.8 Å².